The number of nitrogens with zero attached hydrogens (tertiary/aromatic N) is 2. The van der Waals surface area contributed by atoms with Gasteiger partial charge >= 0.3 is 6.09 Å². The van der Waals surface area contributed by atoms with Gasteiger partial charge in [-0.15, -0.1) is 0 Å². The Hall–Kier alpha value is -3.36. The molecule has 1 atom stereocenters. The number of fused-ring (bicyclic) bond motifs is 1. The third-order valence-electron chi connectivity index (χ3n) is 8.05. The number of likely N-dealkylation sites (tertiary alicyclic amines) is 2. The predicted octanol–water partition coefficient (Wildman–Crippen LogP) is 4.72. The molecule has 0 radical (unpaired) electrons. The lowest BCUT2D eigenvalue weighted by molar-refractivity contribution is -0.114. The van der Waals surface area contributed by atoms with E-state index in [1.54, 1.807) is 4.90 Å². The average Bonchev–Trinajstić information content (AvgIpc) is 3.36. The lowest BCUT2D eigenvalue weighted by Crippen LogP contribution is -2.45. The maximum Gasteiger partial charge on any atom is 0.410 e. The number of rotatable bonds is 7. The van der Waals surface area contributed by atoms with Crippen LogP contribution < -0.4 is 5.32 Å². The van der Waals surface area contributed by atoms with Crippen molar-refractivity contribution in [2.45, 2.75) is 51.2 Å². The summed E-state index contributed by atoms with van der Waals surface area (Å²) in [5.74, 6) is 0.587. The molecule has 2 aliphatic heterocycles. The van der Waals surface area contributed by atoms with E-state index < -0.39 is 0 Å². The number of anilines is 1. The molecule has 3 heterocycles. The van der Waals surface area contributed by atoms with Crippen molar-refractivity contribution in [2.75, 3.05) is 38.0 Å². The number of amides is 2. The largest absolute Gasteiger partial charge is 0.445 e. The van der Waals surface area contributed by atoms with Gasteiger partial charge in [0.05, 0.1) is 6.10 Å². The summed E-state index contributed by atoms with van der Waals surface area (Å²) in [5, 5.41) is 15.0. The Kier molecular flexibility index (Phi) is 8.29. The maximum absolute atomic E-state index is 12.5. The number of H-pyrrole nitrogens is 1. The van der Waals surface area contributed by atoms with Crippen LogP contribution in [0.1, 0.15) is 49.7 Å². The Bertz CT molecular complexity index is 1230. The smallest absolute Gasteiger partial charge is 0.410 e. The lowest BCUT2D eigenvalue weighted by Gasteiger charge is -2.37. The van der Waals surface area contributed by atoms with E-state index in [2.05, 4.69) is 27.5 Å². The molecular weight excluding hydrogens is 480 g/mol. The lowest BCUT2D eigenvalue weighted by atomic mass is 9.87. The first-order chi connectivity index (χ1) is 18.5. The molecule has 2 fully saturated rings. The minimum atomic E-state index is -0.387. The van der Waals surface area contributed by atoms with Crippen LogP contribution in [0, 0.1) is 5.92 Å². The number of aromatic nitrogens is 1. The van der Waals surface area contributed by atoms with Crippen LogP contribution in [0.3, 0.4) is 0 Å². The van der Waals surface area contributed by atoms with Crippen LogP contribution in [0.5, 0.6) is 0 Å². The number of aliphatic hydroxyl groups excluding tert-OH is 1. The molecule has 2 aromatic carbocycles. The number of benzene rings is 2. The van der Waals surface area contributed by atoms with Gasteiger partial charge in [0.25, 0.3) is 0 Å². The number of hydrogen-bond acceptors (Lipinski definition) is 5. The standard InChI is InChI=1S/C30H38N4O4/c1-21(35)32-25-7-8-28-26(17-25)27(18-31-28)23-9-13-33(14-10-23)19-29(36)24-11-15-34(16-12-24)30(37)38-20-22-5-3-2-4-6-22/h2-8,17-18,23-24,29,31,36H,9-16,19-20H2,1H3,(H,32,35). The van der Waals surface area contributed by atoms with E-state index in [9.17, 15) is 14.7 Å². The molecule has 1 aromatic heterocycles. The Morgan fingerprint density at radius 1 is 1.05 bits per heavy atom. The fraction of sp³-hybridized carbons (Fsp3) is 0.467. The highest BCUT2D eigenvalue weighted by Crippen LogP contribution is 2.35. The van der Waals surface area contributed by atoms with Gasteiger partial charge in [0, 0.05) is 49.3 Å². The minimum absolute atomic E-state index is 0.0676. The van der Waals surface area contributed by atoms with Crippen LogP contribution in [0.15, 0.2) is 54.7 Å². The van der Waals surface area contributed by atoms with Crippen LogP contribution in [0.25, 0.3) is 10.9 Å². The van der Waals surface area contributed by atoms with Gasteiger partial charge in [0.2, 0.25) is 5.91 Å². The van der Waals surface area contributed by atoms with Gasteiger partial charge in [-0.25, -0.2) is 4.79 Å². The number of ether oxygens (including phenoxy) is 1. The van der Waals surface area contributed by atoms with Gasteiger partial charge in [-0.05, 0) is 79.9 Å². The highest BCUT2D eigenvalue weighted by Gasteiger charge is 2.31. The minimum Gasteiger partial charge on any atom is -0.445 e. The molecule has 2 amide bonds. The average molecular weight is 519 g/mol. The van der Waals surface area contributed by atoms with Gasteiger partial charge in [-0.1, -0.05) is 30.3 Å². The van der Waals surface area contributed by atoms with Crippen molar-refractivity contribution < 1.29 is 19.4 Å². The maximum atomic E-state index is 12.5. The monoisotopic (exact) mass is 518 g/mol. The van der Waals surface area contributed by atoms with Crippen LogP contribution in [-0.2, 0) is 16.1 Å². The van der Waals surface area contributed by atoms with Crippen LogP contribution >= 0.6 is 0 Å². The number of aromatic amines is 1. The summed E-state index contributed by atoms with van der Waals surface area (Å²) in [6, 6.07) is 15.7. The van der Waals surface area contributed by atoms with Crippen molar-refractivity contribution in [2.24, 2.45) is 5.92 Å². The molecule has 0 aliphatic carbocycles. The van der Waals surface area contributed by atoms with E-state index in [1.165, 1.54) is 17.9 Å². The number of nitrogens with one attached hydrogen (secondary N) is 2. The summed E-state index contributed by atoms with van der Waals surface area (Å²) in [4.78, 5) is 31.4. The first-order valence-corrected chi connectivity index (χ1v) is 13.7. The van der Waals surface area contributed by atoms with E-state index in [-0.39, 0.29) is 30.6 Å². The molecule has 0 spiro atoms. The summed E-state index contributed by atoms with van der Waals surface area (Å²) < 4.78 is 5.47. The summed E-state index contributed by atoms with van der Waals surface area (Å²) >= 11 is 0. The first kappa shape index (κ1) is 26.3. The Balaban J connectivity index is 1.06. The third kappa shape index (κ3) is 6.37. The summed E-state index contributed by atoms with van der Waals surface area (Å²) in [7, 11) is 0. The van der Waals surface area contributed by atoms with Crippen molar-refractivity contribution >= 4 is 28.6 Å². The Morgan fingerprint density at radius 2 is 1.79 bits per heavy atom. The molecule has 38 heavy (non-hydrogen) atoms. The van der Waals surface area contributed by atoms with Crippen LogP contribution in [0.2, 0.25) is 0 Å². The fourth-order valence-electron chi connectivity index (χ4n) is 5.88. The number of carbonyl (C=O) groups excluding carboxylic acids is 2. The number of piperidine rings is 2. The summed E-state index contributed by atoms with van der Waals surface area (Å²) in [6.45, 7) is 5.63. The van der Waals surface area contributed by atoms with E-state index in [4.69, 9.17) is 4.74 Å². The second kappa shape index (κ2) is 12.0. The van der Waals surface area contributed by atoms with Crippen molar-refractivity contribution in [1.29, 1.82) is 0 Å². The van der Waals surface area contributed by atoms with E-state index in [0.717, 1.165) is 55.5 Å². The second-order valence-electron chi connectivity index (χ2n) is 10.7. The normalized spacial score (nSPS) is 18.4. The molecule has 0 bridgehead atoms. The van der Waals surface area contributed by atoms with Gasteiger partial charge in [-0.3, -0.25) is 4.79 Å². The number of aliphatic hydroxyl groups is 1. The Labute approximate surface area is 224 Å². The first-order valence-electron chi connectivity index (χ1n) is 13.7. The summed E-state index contributed by atoms with van der Waals surface area (Å²) in [5.41, 5.74) is 4.19. The molecule has 2 aliphatic rings. The molecule has 0 saturated carbocycles. The summed E-state index contributed by atoms with van der Waals surface area (Å²) in [6.07, 6.45) is 5.11. The fourth-order valence-corrected chi connectivity index (χ4v) is 5.88. The second-order valence-corrected chi connectivity index (χ2v) is 10.7. The number of β-amino-alcohol motifs (C(OH)–C–C–N with tert-alkyl or cyclic N) is 1. The zero-order chi connectivity index (χ0) is 26.5. The van der Waals surface area contributed by atoms with Crippen LogP contribution in [0.4, 0.5) is 10.5 Å². The highest BCUT2D eigenvalue weighted by molar-refractivity contribution is 5.93. The molecular formula is C30H38N4O4. The molecule has 2 saturated heterocycles. The van der Waals surface area contributed by atoms with Crippen molar-refractivity contribution in [1.82, 2.24) is 14.8 Å². The quantitative estimate of drug-likeness (QED) is 0.421. The van der Waals surface area contributed by atoms with Crippen LogP contribution in [-0.4, -0.2) is 70.7 Å². The van der Waals surface area contributed by atoms with Crippen molar-refractivity contribution in [3.63, 3.8) is 0 Å². The van der Waals surface area contributed by atoms with E-state index >= 15 is 0 Å². The molecule has 1 unspecified atom stereocenters. The third-order valence-corrected chi connectivity index (χ3v) is 8.05. The molecule has 8 heteroatoms. The van der Waals surface area contributed by atoms with E-state index in [0.29, 0.717) is 25.6 Å². The molecule has 3 N–H and O–H groups in total. The molecule has 202 valence electrons. The van der Waals surface area contributed by atoms with Gasteiger partial charge in [-0.2, -0.15) is 0 Å². The van der Waals surface area contributed by atoms with Gasteiger partial charge < -0.3 is 29.9 Å². The SMILES string of the molecule is CC(=O)Nc1ccc2[nH]cc(C3CCN(CC(O)C4CCN(C(=O)OCc5ccccc5)CC4)CC3)c2c1. The number of carbonyl (C=O) groups is 2. The topological polar surface area (TPSA) is 97.9 Å². The van der Waals surface area contributed by atoms with Crippen molar-refractivity contribution in [3.8, 4) is 0 Å². The number of hydrogen-bond donors (Lipinski definition) is 3. The van der Waals surface area contributed by atoms with Gasteiger partial charge in [0.1, 0.15) is 6.61 Å². The predicted molar refractivity (Wildman–Crippen MR) is 148 cm³/mol. The molecule has 8 nitrogen and oxygen atoms in total. The highest BCUT2D eigenvalue weighted by atomic mass is 16.6. The zero-order valence-electron chi connectivity index (χ0n) is 22.1. The van der Waals surface area contributed by atoms with Gasteiger partial charge in [0.15, 0.2) is 0 Å². The zero-order valence-corrected chi connectivity index (χ0v) is 22.1. The van der Waals surface area contributed by atoms with E-state index in [1.807, 2.05) is 42.5 Å². The Morgan fingerprint density at radius 3 is 2.50 bits per heavy atom. The van der Waals surface area contributed by atoms with Crippen molar-refractivity contribution in [3.05, 3.63) is 65.9 Å². The molecule has 3 aromatic rings. The molecule has 5 rings (SSSR count).